The monoisotopic (exact) mass is 316 g/mol. The highest BCUT2D eigenvalue weighted by molar-refractivity contribution is 5.79. The van der Waals surface area contributed by atoms with Crippen LogP contribution in [-0.4, -0.2) is 29.7 Å². The molecular weight excluding hydrogens is 288 g/mol. The zero-order chi connectivity index (χ0) is 16.2. The van der Waals surface area contributed by atoms with E-state index in [2.05, 4.69) is 22.8 Å². The Morgan fingerprint density at radius 2 is 2.04 bits per heavy atom. The van der Waals surface area contributed by atoms with Crippen molar-refractivity contribution in [2.45, 2.75) is 57.5 Å². The van der Waals surface area contributed by atoms with E-state index < -0.39 is 0 Å². The van der Waals surface area contributed by atoms with Crippen LogP contribution in [0.3, 0.4) is 0 Å². The number of fused-ring (bicyclic) bond motifs is 2. The van der Waals surface area contributed by atoms with Crippen molar-refractivity contribution in [3.8, 4) is 0 Å². The van der Waals surface area contributed by atoms with Gasteiger partial charge in [0.15, 0.2) is 0 Å². The molecule has 0 aromatic heterocycles. The van der Waals surface area contributed by atoms with Gasteiger partial charge in [-0.1, -0.05) is 25.5 Å². The van der Waals surface area contributed by atoms with Crippen LogP contribution in [0.5, 0.6) is 0 Å². The van der Waals surface area contributed by atoms with Gasteiger partial charge < -0.3 is 15.7 Å². The number of nitrogens with one attached hydrogen (secondary N) is 2. The van der Waals surface area contributed by atoms with Crippen molar-refractivity contribution in [2.24, 2.45) is 11.8 Å². The summed E-state index contributed by atoms with van der Waals surface area (Å²) in [7, 11) is 0. The predicted molar refractivity (Wildman–Crippen MR) is 92.3 cm³/mol. The van der Waals surface area contributed by atoms with Gasteiger partial charge in [-0.05, 0) is 55.2 Å². The number of carbonyl (C=O) groups is 1. The Hall–Kier alpha value is -1.55. The first-order valence-corrected chi connectivity index (χ1v) is 8.93. The summed E-state index contributed by atoms with van der Waals surface area (Å²) in [6.45, 7) is 1.95. The van der Waals surface area contributed by atoms with E-state index in [1.165, 1.54) is 25.7 Å². The van der Waals surface area contributed by atoms with E-state index in [1.54, 1.807) is 0 Å². The number of aliphatic hydroxyl groups excluding tert-OH is 1. The lowest BCUT2D eigenvalue weighted by Gasteiger charge is -2.24. The summed E-state index contributed by atoms with van der Waals surface area (Å²) in [6, 6.07) is 8.71. The van der Waals surface area contributed by atoms with Gasteiger partial charge in [0, 0.05) is 11.7 Å². The van der Waals surface area contributed by atoms with Crippen LogP contribution in [0.1, 0.15) is 44.6 Å². The first kappa shape index (κ1) is 16.3. The van der Waals surface area contributed by atoms with Gasteiger partial charge in [-0.15, -0.1) is 0 Å². The van der Waals surface area contributed by atoms with Crippen LogP contribution in [0.2, 0.25) is 0 Å². The van der Waals surface area contributed by atoms with E-state index >= 15 is 0 Å². The molecule has 3 rings (SSSR count). The molecule has 4 nitrogen and oxygen atoms in total. The van der Waals surface area contributed by atoms with Gasteiger partial charge in [-0.2, -0.15) is 0 Å². The molecule has 0 spiro atoms. The quantitative estimate of drug-likeness (QED) is 0.725. The maximum absolute atomic E-state index is 12.0. The minimum Gasteiger partial charge on any atom is -0.394 e. The lowest BCUT2D eigenvalue weighted by molar-refractivity contribution is -0.121. The van der Waals surface area contributed by atoms with Gasteiger partial charge >= 0.3 is 0 Å². The number of aliphatic hydroxyl groups is 1. The largest absolute Gasteiger partial charge is 0.394 e. The summed E-state index contributed by atoms with van der Waals surface area (Å²) in [4.78, 5) is 12.0. The van der Waals surface area contributed by atoms with E-state index in [1.807, 2.05) is 19.1 Å². The molecule has 4 unspecified atom stereocenters. The Morgan fingerprint density at radius 1 is 1.26 bits per heavy atom. The van der Waals surface area contributed by atoms with Crippen LogP contribution in [-0.2, 0) is 11.2 Å². The van der Waals surface area contributed by atoms with Crippen LogP contribution in [0.4, 0.5) is 5.69 Å². The number of benzene rings is 1. The molecule has 1 aromatic rings. The van der Waals surface area contributed by atoms with E-state index in [0.717, 1.165) is 29.5 Å². The number of carbonyl (C=O) groups excluding carboxylic acids is 1. The molecule has 1 aromatic carbocycles. The van der Waals surface area contributed by atoms with E-state index in [4.69, 9.17) is 5.11 Å². The molecule has 4 heteroatoms. The Labute approximate surface area is 138 Å². The topological polar surface area (TPSA) is 61.4 Å². The van der Waals surface area contributed by atoms with Gasteiger partial charge in [-0.3, -0.25) is 4.79 Å². The molecule has 2 saturated carbocycles. The Kier molecular flexibility index (Phi) is 5.21. The zero-order valence-corrected chi connectivity index (χ0v) is 13.9. The molecule has 0 aliphatic heterocycles. The smallest absolute Gasteiger partial charge is 0.224 e. The Morgan fingerprint density at radius 3 is 2.61 bits per heavy atom. The summed E-state index contributed by atoms with van der Waals surface area (Å²) in [5.74, 6) is 1.77. The van der Waals surface area contributed by atoms with Gasteiger partial charge in [0.2, 0.25) is 5.91 Å². The third-order valence-electron chi connectivity index (χ3n) is 5.49. The van der Waals surface area contributed by atoms with Crippen molar-refractivity contribution in [1.29, 1.82) is 0 Å². The van der Waals surface area contributed by atoms with E-state index in [-0.39, 0.29) is 18.6 Å². The molecule has 23 heavy (non-hydrogen) atoms. The average Bonchev–Trinajstić information content (AvgIpc) is 3.17. The van der Waals surface area contributed by atoms with Crippen LogP contribution in [0.25, 0.3) is 0 Å². The van der Waals surface area contributed by atoms with Crippen LogP contribution in [0.15, 0.2) is 24.3 Å². The second kappa shape index (κ2) is 7.35. The SMILES string of the molecule is CCC(CO)NC(=O)Cc1ccc(NC2CC3CCC2C3)cc1. The molecule has 0 heterocycles. The summed E-state index contributed by atoms with van der Waals surface area (Å²) >= 11 is 0. The molecule has 2 bridgehead atoms. The highest BCUT2D eigenvalue weighted by Gasteiger charge is 2.39. The molecule has 0 saturated heterocycles. The zero-order valence-electron chi connectivity index (χ0n) is 13.9. The number of hydrogen-bond donors (Lipinski definition) is 3. The molecule has 4 atom stereocenters. The Bertz CT molecular complexity index is 525. The summed E-state index contributed by atoms with van der Waals surface area (Å²) < 4.78 is 0. The molecule has 1 amide bonds. The first-order chi connectivity index (χ1) is 11.2. The second-order valence-electron chi connectivity index (χ2n) is 7.15. The third-order valence-corrected chi connectivity index (χ3v) is 5.49. The van der Waals surface area contributed by atoms with Crippen molar-refractivity contribution in [3.63, 3.8) is 0 Å². The van der Waals surface area contributed by atoms with Crippen molar-refractivity contribution in [1.82, 2.24) is 5.32 Å². The number of amides is 1. The predicted octanol–water partition coefficient (Wildman–Crippen LogP) is 2.72. The van der Waals surface area contributed by atoms with Crippen LogP contribution < -0.4 is 10.6 Å². The van der Waals surface area contributed by atoms with E-state index in [0.29, 0.717) is 12.5 Å². The number of hydrogen-bond acceptors (Lipinski definition) is 3. The molecule has 2 aliphatic carbocycles. The minimum atomic E-state index is -0.138. The van der Waals surface area contributed by atoms with Gasteiger partial charge in [0.05, 0.1) is 19.1 Å². The minimum absolute atomic E-state index is 0.00531. The molecular formula is C19H28N2O2. The normalized spacial score (nSPS) is 27.0. The highest BCUT2D eigenvalue weighted by Crippen LogP contribution is 2.45. The lowest BCUT2D eigenvalue weighted by atomic mass is 9.95. The second-order valence-corrected chi connectivity index (χ2v) is 7.15. The molecule has 2 fully saturated rings. The molecule has 0 radical (unpaired) electrons. The fourth-order valence-corrected chi connectivity index (χ4v) is 4.10. The van der Waals surface area contributed by atoms with Crippen molar-refractivity contribution < 1.29 is 9.90 Å². The van der Waals surface area contributed by atoms with Crippen molar-refractivity contribution in [2.75, 3.05) is 11.9 Å². The van der Waals surface area contributed by atoms with Crippen LogP contribution in [0, 0.1) is 11.8 Å². The number of rotatable bonds is 7. The number of anilines is 1. The maximum Gasteiger partial charge on any atom is 0.224 e. The fraction of sp³-hybridized carbons (Fsp3) is 0.632. The van der Waals surface area contributed by atoms with Gasteiger partial charge in [-0.25, -0.2) is 0 Å². The van der Waals surface area contributed by atoms with Gasteiger partial charge in [0.1, 0.15) is 0 Å². The van der Waals surface area contributed by atoms with Crippen molar-refractivity contribution in [3.05, 3.63) is 29.8 Å². The van der Waals surface area contributed by atoms with Crippen molar-refractivity contribution >= 4 is 11.6 Å². The first-order valence-electron chi connectivity index (χ1n) is 8.93. The Balaban J connectivity index is 1.50. The van der Waals surface area contributed by atoms with Crippen LogP contribution >= 0.6 is 0 Å². The van der Waals surface area contributed by atoms with E-state index in [9.17, 15) is 4.79 Å². The molecule has 2 aliphatic rings. The standard InChI is InChI=1S/C19H28N2O2/c1-2-16(12-22)21-19(23)11-13-4-7-17(8-5-13)20-18-10-14-3-6-15(18)9-14/h4-5,7-8,14-16,18,20,22H,2-3,6,9-12H2,1H3,(H,21,23). The lowest BCUT2D eigenvalue weighted by Crippen LogP contribution is -2.37. The maximum atomic E-state index is 12.0. The molecule has 126 valence electrons. The summed E-state index contributed by atoms with van der Waals surface area (Å²) in [6.07, 6.45) is 6.63. The molecule has 3 N–H and O–H groups in total. The average molecular weight is 316 g/mol. The summed E-state index contributed by atoms with van der Waals surface area (Å²) in [5, 5.41) is 15.7. The van der Waals surface area contributed by atoms with Gasteiger partial charge in [0.25, 0.3) is 0 Å². The fourth-order valence-electron chi connectivity index (χ4n) is 4.10. The summed E-state index contributed by atoms with van der Waals surface area (Å²) in [5.41, 5.74) is 2.17. The highest BCUT2D eigenvalue weighted by atomic mass is 16.3. The third kappa shape index (κ3) is 4.05.